The maximum absolute atomic E-state index is 14.1. The number of piperazine rings is 1. The molecule has 0 N–H and O–H groups in total. The Bertz CT molecular complexity index is 780. The molecule has 1 aromatic rings. The molecule has 1 aliphatic heterocycles. The number of hydrogen-bond acceptors (Lipinski definition) is 5. The number of amides is 2. The van der Waals surface area contributed by atoms with Crippen LogP contribution in [0, 0.1) is 11.6 Å². The van der Waals surface area contributed by atoms with Crippen LogP contribution in [0.5, 0.6) is 5.75 Å². The van der Waals surface area contributed by atoms with Crippen LogP contribution < -0.4 is 4.74 Å². The number of ether oxygens (including phenoxy) is 3. The second-order valence-corrected chi connectivity index (χ2v) is 8.29. The smallest absolute Gasteiger partial charge is 0.410 e. The summed E-state index contributed by atoms with van der Waals surface area (Å²) in [6.07, 6.45) is -1.33. The van der Waals surface area contributed by atoms with Crippen LogP contribution in [0.2, 0.25) is 0 Å². The van der Waals surface area contributed by atoms with E-state index in [0.29, 0.717) is 12.1 Å². The highest BCUT2D eigenvalue weighted by atomic mass is 19.3. The Kier molecular flexibility index (Phi) is 7.61. The Morgan fingerprint density at radius 1 is 1.06 bits per heavy atom. The van der Waals surface area contributed by atoms with Gasteiger partial charge in [0.1, 0.15) is 29.6 Å². The molecule has 2 amide bonds. The van der Waals surface area contributed by atoms with Gasteiger partial charge >= 0.3 is 18.8 Å². The normalized spacial score (nSPS) is 19.4. The van der Waals surface area contributed by atoms with Gasteiger partial charge in [0.25, 0.3) is 0 Å². The first-order valence-electron chi connectivity index (χ1n) is 9.64. The highest BCUT2D eigenvalue weighted by Gasteiger charge is 2.37. The third-order valence-corrected chi connectivity index (χ3v) is 4.46. The van der Waals surface area contributed by atoms with E-state index in [0.717, 1.165) is 0 Å². The minimum absolute atomic E-state index is 0.191. The van der Waals surface area contributed by atoms with Gasteiger partial charge in [-0.1, -0.05) is 0 Å². The van der Waals surface area contributed by atoms with Crippen LogP contribution in [0.4, 0.5) is 27.2 Å². The van der Waals surface area contributed by atoms with E-state index in [1.807, 2.05) is 0 Å². The van der Waals surface area contributed by atoms with Crippen LogP contribution in [-0.2, 0) is 16.1 Å². The topological polar surface area (TPSA) is 68.3 Å². The monoisotopic (exact) mass is 450 g/mol. The van der Waals surface area contributed by atoms with E-state index < -0.39 is 66.0 Å². The average molecular weight is 450 g/mol. The molecule has 1 fully saturated rings. The summed E-state index contributed by atoms with van der Waals surface area (Å²) in [5, 5.41) is 0. The molecular weight excluding hydrogens is 424 g/mol. The van der Waals surface area contributed by atoms with Gasteiger partial charge in [-0.15, -0.1) is 0 Å². The maximum atomic E-state index is 14.1. The molecule has 0 saturated carbocycles. The largest absolute Gasteiger partial charge is 0.444 e. The molecule has 2 rings (SSSR count). The summed E-state index contributed by atoms with van der Waals surface area (Å²) in [6.45, 7) is 5.05. The Balaban J connectivity index is 2.01. The van der Waals surface area contributed by atoms with Crippen LogP contribution in [0.25, 0.3) is 0 Å². The van der Waals surface area contributed by atoms with E-state index in [9.17, 15) is 27.2 Å². The van der Waals surface area contributed by atoms with E-state index in [1.165, 1.54) is 9.80 Å². The number of rotatable bonds is 4. The van der Waals surface area contributed by atoms with Crippen molar-refractivity contribution >= 4 is 12.2 Å². The van der Waals surface area contributed by atoms with Crippen molar-refractivity contribution in [2.75, 3.05) is 13.1 Å². The van der Waals surface area contributed by atoms with Crippen molar-refractivity contribution in [2.45, 2.75) is 65.5 Å². The second-order valence-electron chi connectivity index (χ2n) is 8.29. The van der Waals surface area contributed by atoms with Gasteiger partial charge in [0, 0.05) is 25.2 Å². The fraction of sp³-hybridized carbons (Fsp3) is 0.600. The quantitative estimate of drug-likeness (QED) is 0.631. The van der Waals surface area contributed by atoms with Crippen molar-refractivity contribution in [3.05, 3.63) is 29.3 Å². The van der Waals surface area contributed by atoms with E-state index >= 15 is 0 Å². The summed E-state index contributed by atoms with van der Waals surface area (Å²) in [5.41, 5.74) is -1.26. The molecule has 31 heavy (non-hydrogen) atoms. The molecular formula is C20H26F4N2O5. The predicted octanol–water partition coefficient (Wildman–Crippen LogP) is 4.53. The van der Waals surface area contributed by atoms with Crippen LogP contribution in [0.3, 0.4) is 0 Å². The van der Waals surface area contributed by atoms with Crippen molar-refractivity contribution in [2.24, 2.45) is 0 Å². The minimum atomic E-state index is -3.23. The van der Waals surface area contributed by atoms with Crippen LogP contribution in [0.1, 0.15) is 40.2 Å². The summed E-state index contributed by atoms with van der Waals surface area (Å²) >= 11 is 0. The Morgan fingerprint density at radius 2 is 1.58 bits per heavy atom. The molecule has 174 valence electrons. The standard InChI is InChI=1S/C20H26F4N2O5/c1-11-8-25(18(27)31-20(3,4)5)9-12(2)26(11)19(28)29-10-14-15(21)6-13(7-16(14)22)30-17(23)24/h6-7,11-12,17H,8-10H2,1-5H3/t11-,12+. The van der Waals surface area contributed by atoms with Gasteiger partial charge in [-0.2, -0.15) is 8.78 Å². The zero-order valence-corrected chi connectivity index (χ0v) is 18.0. The van der Waals surface area contributed by atoms with Gasteiger partial charge in [0.2, 0.25) is 0 Å². The van der Waals surface area contributed by atoms with E-state index in [-0.39, 0.29) is 13.1 Å². The van der Waals surface area contributed by atoms with Crippen molar-refractivity contribution in [3.63, 3.8) is 0 Å². The van der Waals surface area contributed by atoms with Gasteiger partial charge < -0.3 is 19.1 Å². The SMILES string of the molecule is C[C@@H]1CN(C(=O)OC(C)(C)C)C[C@H](C)N1C(=O)OCc1c(F)cc(OC(F)F)cc1F. The lowest BCUT2D eigenvalue weighted by molar-refractivity contribution is -0.0502. The molecule has 2 atom stereocenters. The Labute approximate surface area is 177 Å². The van der Waals surface area contributed by atoms with Crippen molar-refractivity contribution in [1.29, 1.82) is 0 Å². The number of alkyl halides is 2. The number of carbonyl (C=O) groups is 2. The fourth-order valence-electron chi connectivity index (χ4n) is 3.26. The molecule has 0 radical (unpaired) electrons. The lowest BCUT2D eigenvalue weighted by Gasteiger charge is -2.43. The van der Waals surface area contributed by atoms with Crippen LogP contribution in [-0.4, -0.2) is 59.4 Å². The molecule has 0 spiro atoms. The minimum Gasteiger partial charge on any atom is -0.444 e. The second kappa shape index (κ2) is 9.61. The molecule has 0 bridgehead atoms. The van der Waals surface area contributed by atoms with Gasteiger partial charge in [0.15, 0.2) is 0 Å². The third kappa shape index (κ3) is 6.63. The third-order valence-electron chi connectivity index (χ3n) is 4.46. The maximum Gasteiger partial charge on any atom is 0.410 e. The highest BCUT2D eigenvalue weighted by molar-refractivity contribution is 5.71. The molecule has 7 nitrogen and oxygen atoms in total. The molecule has 1 aromatic carbocycles. The van der Waals surface area contributed by atoms with Gasteiger partial charge in [-0.25, -0.2) is 18.4 Å². The first-order valence-corrected chi connectivity index (χ1v) is 9.64. The van der Waals surface area contributed by atoms with E-state index in [1.54, 1.807) is 34.6 Å². The van der Waals surface area contributed by atoms with Crippen molar-refractivity contribution < 1.29 is 41.4 Å². The number of halogens is 4. The summed E-state index contributed by atoms with van der Waals surface area (Å²) in [6, 6.07) is 0.285. The lowest BCUT2D eigenvalue weighted by Crippen LogP contribution is -2.60. The number of carbonyl (C=O) groups excluding carboxylic acids is 2. The first kappa shape index (κ1) is 24.5. The molecule has 11 heteroatoms. The average Bonchev–Trinajstić information content (AvgIpc) is 2.58. The number of nitrogens with zero attached hydrogens (tertiary/aromatic N) is 2. The Hall–Kier alpha value is -2.72. The first-order chi connectivity index (χ1) is 14.3. The summed E-state index contributed by atoms with van der Waals surface area (Å²) in [4.78, 5) is 27.7. The van der Waals surface area contributed by atoms with Gasteiger partial charge in [-0.05, 0) is 34.6 Å². The van der Waals surface area contributed by atoms with Crippen LogP contribution in [0.15, 0.2) is 12.1 Å². The highest BCUT2D eigenvalue weighted by Crippen LogP contribution is 2.24. The molecule has 1 aliphatic rings. The summed E-state index contributed by atoms with van der Waals surface area (Å²) < 4.78 is 66.9. The summed E-state index contributed by atoms with van der Waals surface area (Å²) in [5.74, 6) is -3.04. The Morgan fingerprint density at radius 3 is 2.03 bits per heavy atom. The number of benzene rings is 1. The molecule has 0 unspecified atom stereocenters. The predicted molar refractivity (Wildman–Crippen MR) is 102 cm³/mol. The fourth-order valence-corrected chi connectivity index (χ4v) is 3.26. The number of hydrogen-bond donors (Lipinski definition) is 0. The van der Waals surface area contributed by atoms with Crippen molar-refractivity contribution in [1.82, 2.24) is 9.80 Å². The van der Waals surface area contributed by atoms with E-state index in [4.69, 9.17) is 9.47 Å². The summed E-state index contributed by atoms with van der Waals surface area (Å²) in [7, 11) is 0. The molecule has 0 aliphatic carbocycles. The zero-order chi connectivity index (χ0) is 23.5. The van der Waals surface area contributed by atoms with Gasteiger partial charge in [-0.3, -0.25) is 4.90 Å². The lowest BCUT2D eigenvalue weighted by atomic mass is 10.1. The molecule has 1 saturated heterocycles. The molecule has 1 heterocycles. The van der Waals surface area contributed by atoms with Crippen LogP contribution >= 0.6 is 0 Å². The van der Waals surface area contributed by atoms with Gasteiger partial charge in [0.05, 0.1) is 17.6 Å². The molecule has 0 aromatic heterocycles. The zero-order valence-electron chi connectivity index (χ0n) is 18.0. The van der Waals surface area contributed by atoms with Crippen molar-refractivity contribution in [3.8, 4) is 5.75 Å². The van der Waals surface area contributed by atoms with E-state index in [2.05, 4.69) is 4.74 Å².